The van der Waals surface area contributed by atoms with Crippen molar-refractivity contribution in [3.63, 3.8) is 0 Å². The largest absolute Gasteiger partial charge is 0.310 e. The van der Waals surface area contributed by atoms with Crippen molar-refractivity contribution >= 4 is 50.1 Å². The molecule has 2 nitrogen and oxygen atoms in total. The molecule has 0 saturated heterocycles. The van der Waals surface area contributed by atoms with Gasteiger partial charge >= 0.3 is 0 Å². The minimum Gasteiger partial charge on any atom is -0.310 e. The standard InChI is InChI=1S/C16H17BrClIN2/c1-2-7-20-16(9-13-5-4-12(17)10-21-13)11-3-6-15(19)14(18)8-11/h3-6,8,10,16,20H,2,7,9H2,1H3. The number of rotatable bonds is 6. The molecule has 0 aliphatic carbocycles. The van der Waals surface area contributed by atoms with Crippen molar-refractivity contribution in [3.8, 4) is 0 Å². The molecule has 1 unspecified atom stereocenters. The second kappa shape index (κ2) is 8.46. The fourth-order valence-electron chi connectivity index (χ4n) is 2.09. The second-order valence-corrected chi connectivity index (χ2v) is 7.34. The summed E-state index contributed by atoms with van der Waals surface area (Å²) in [6.07, 6.45) is 3.79. The van der Waals surface area contributed by atoms with Crippen LogP contribution in [0.25, 0.3) is 0 Å². The van der Waals surface area contributed by atoms with Gasteiger partial charge in [-0.15, -0.1) is 0 Å². The van der Waals surface area contributed by atoms with Crippen LogP contribution in [-0.2, 0) is 6.42 Å². The summed E-state index contributed by atoms with van der Waals surface area (Å²) in [6.45, 7) is 3.15. The highest BCUT2D eigenvalue weighted by atomic mass is 127. The predicted molar refractivity (Wildman–Crippen MR) is 101 cm³/mol. The number of halogens is 3. The topological polar surface area (TPSA) is 24.9 Å². The highest BCUT2D eigenvalue weighted by Crippen LogP contribution is 2.25. The normalized spacial score (nSPS) is 12.4. The van der Waals surface area contributed by atoms with Crippen molar-refractivity contribution in [1.82, 2.24) is 10.3 Å². The number of pyridine rings is 1. The first-order valence-corrected chi connectivity index (χ1v) is 9.14. The molecular weight excluding hydrogens is 462 g/mol. The fraction of sp³-hybridized carbons (Fsp3) is 0.312. The molecule has 1 heterocycles. The van der Waals surface area contributed by atoms with Gasteiger partial charge in [0.1, 0.15) is 0 Å². The van der Waals surface area contributed by atoms with Crippen molar-refractivity contribution in [2.45, 2.75) is 25.8 Å². The molecule has 1 aromatic carbocycles. The molecule has 2 aromatic rings. The molecule has 2 rings (SSSR count). The Morgan fingerprint density at radius 2 is 2.14 bits per heavy atom. The van der Waals surface area contributed by atoms with Crippen LogP contribution >= 0.6 is 50.1 Å². The van der Waals surface area contributed by atoms with E-state index in [0.717, 1.165) is 38.1 Å². The third-order valence-corrected chi connectivity index (χ3v) is 5.23. The molecule has 0 bridgehead atoms. The zero-order chi connectivity index (χ0) is 15.2. The molecule has 1 N–H and O–H groups in total. The van der Waals surface area contributed by atoms with E-state index in [0.29, 0.717) is 0 Å². The summed E-state index contributed by atoms with van der Waals surface area (Å²) in [6, 6.07) is 10.6. The highest BCUT2D eigenvalue weighted by Gasteiger charge is 2.13. The molecule has 0 fully saturated rings. The summed E-state index contributed by atoms with van der Waals surface area (Å²) < 4.78 is 2.08. The zero-order valence-corrected chi connectivity index (χ0v) is 16.2. The van der Waals surface area contributed by atoms with E-state index in [-0.39, 0.29) is 6.04 Å². The molecule has 0 saturated carbocycles. The summed E-state index contributed by atoms with van der Waals surface area (Å²) in [7, 11) is 0. The Bertz CT molecular complexity index is 589. The van der Waals surface area contributed by atoms with Gasteiger partial charge in [-0.2, -0.15) is 0 Å². The smallest absolute Gasteiger partial charge is 0.0542 e. The zero-order valence-electron chi connectivity index (χ0n) is 11.7. The van der Waals surface area contributed by atoms with E-state index in [9.17, 15) is 0 Å². The van der Waals surface area contributed by atoms with Crippen molar-refractivity contribution < 1.29 is 0 Å². The predicted octanol–water partition coefficient (Wildman–Crippen LogP) is 5.39. The van der Waals surface area contributed by atoms with Crippen LogP contribution in [0.2, 0.25) is 5.02 Å². The Hall–Kier alpha value is -0.170. The first kappa shape index (κ1) is 17.2. The van der Waals surface area contributed by atoms with E-state index in [4.69, 9.17) is 11.6 Å². The van der Waals surface area contributed by atoms with Gasteiger partial charge in [0, 0.05) is 32.4 Å². The molecule has 1 aromatic heterocycles. The number of hydrogen-bond donors (Lipinski definition) is 1. The van der Waals surface area contributed by atoms with Gasteiger partial charge in [0.25, 0.3) is 0 Å². The minimum atomic E-state index is 0.230. The lowest BCUT2D eigenvalue weighted by molar-refractivity contribution is 0.524. The summed E-state index contributed by atoms with van der Waals surface area (Å²) in [5, 5.41) is 4.39. The number of benzene rings is 1. The van der Waals surface area contributed by atoms with E-state index < -0.39 is 0 Å². The molecular formula is C16H17BrClIN2. The van der Waals surface area contributed by atoms with Gasteiger partial charge in [-0.25, -0.2) is 0 Å². The summed E-state index contributed by atoms with van der Waals surface area (Å²) in [5.41, 5.74) is 2.28. The van der Waals surface area contributed by atoms with Crippen molar-refractivity contribution in [2.75, 3.05) is 6.54 Å². The Morgan fingerprint density at radius 3 is 2.76 bits per heavy atom. The van der Waals surface area contributed by atoms with Crippen LogP contribution in [0.3, 0.4) is 0 Å². The third-order valence-electron chi connectivity index (χ3n) is 3.19. The van der Waals surface area contributed by atoms with Gasteiger partial charge in [-0.1, -0.05) is 24.6 Å². The van der Waals surface area contributed by atoms with Crippen LogP contribution < -0.4 is 5.32 Å². The average molecular weight is 480 g/mol. The molecule has 0 spiro atoms. The lowest BCUT2D eigenvalue weighted by atomic mass is 10.0. The maximum absolute atomic E-state index is 6.26. The van der Waals surface area contributed by atoms with E-state index in [2.05, 4.69) is 80.0 Å². The molecule has 0 aliphatic heterocycles. The average Bonchev–Trinajstić information content (AvgIpc) is 2.48. The fourth-order valence-corrected chi connectivity index (χ4v) is 2.85. The first-order valence-electron chi connectivity index (χ1n) is 6.89. The SMILES string of the molecule is CCCNC(Cc1ccc(Br)cn1)c1ccc(I)c(Cl)c1. The van der Waals surface area contributed by atoms with E-state index in [1.165, 1.54) is 5.56 Å². The summed E-state index contributed by atoms with van der Waals surface area (Å²) in [4.78, 5) is 4.47. The van der Waals surface area contributed by atoms with E-state index >= 15 is 0 Å². The van der Waals surface area contributed by atoms with Crippen molar-refractivity contribution in [3.05, 3.63) is 60.9 Å². The number of hydrogen-bond acceptors (Lipinski definition) is 2. The van der Waals surface area contributed by atoms with Crippen LogP contribution in [0.1, 0.15) is 30.6 Å². The van der Waals surface area contributed by atoms with Crippen LogP contribution in [0.5, 0.6) is 0 Å². The number of aromatic nitrogens is 1. The van der Waals surface area contributed by atoms with Crippen molar-refractivity contribution in [2.24, 2.45) is 0 Å². The van der Waals surface area contributed by atoms with E-state index in [1.54, 1.807) is 0 Å². The molecule has 112 valence electrons. The second-order valence-electron chi connectivity index (χ2n) is 4.85. The summed E-state index contributed by atoms with van der Waals surface area (Å²) >= 11 is 11.9. The monoisotopic (exact) mass is 478 g/mol. The Kier molecular flexibility index (Phi) is 6.92. The van der Waals surface area contributed by atoms with Gasteiger partial charge in [-0.3, -0.25) is 4.98 Å². The lowest BCUT2D eigenvalue weighted by Crippen LogP contribution is -2.24. The maximum atomic E-state index is 6.26. The van der Waals surface area contributed by atoms with Gasteiger partial charge in [0.05, 0.1) is 5.02 Å². The van der Waals surface area contributed by atoms with Gasteiger partial charge in [-0.05, 0) is 81.3 Å². The molecule has 0 aliphatic rings. The third kappa shape index (κ3) is 5.20. The quantitative estimate of drug-likeness (QED) is 0.563. The van der Waals surface area contributed by atoms with Gasteiger partial charge < -0.3 is 5.32 Å². The summed E-state index contributed by atoms with van der Waals surface area (Å²) in [5.74, 6) is 0. The van der Waals surface area contributed by atoms with Crippen LogP contribution in [0.4, 0.5) is 0 Å². The Morgan fingerprint density at radius 1 is 1.33 bits per heavy atom. The Balaban J connectivity index is 2.20. The highest BCUT2D eigenvalue weighted by molar-refractivity contribution is 14.1. The van der Waals surface area contributed by atoms with Crippen LogP contribution in [-0.4, -0.2) is 11.5 Å². The molecule has 21 heavy (non-hydrogen) atoms. The number of nitrogens with one attached hydrogen (secondary N) is 1. The van der Waals surface area contributed by atoms with E-state index in [1.807, 2.05) is 12.3 Å². The Labute approximate surface area is 153 Å². The van der Waals surface area contributed by atoms with Crippen molar-refractivity contribution in [1.29, 1.82) is 0 Å². The van der Waals surface area contributed by atoms with Gasteiger partial charge in [0.2, 0.25) is 0 Å². The number of nitrogens with zero attached hydrogens (tertiary/aromatic N) is 1. The van der Waals surface area contributed by atoms with Gasteiger partial charge in [0.15, 0.2) is 0 Å². The van der Waals surface area contributed by atoms with Crippen LogP contribution in [0.15, 0.2) is 41.0 Å². The lowest BCUT2D eigenvalue weighted by Gasteiger charge is -2.19. The molecule has 0 radical (unpaired) electrons. The molecule has 5 heteroatoms. The van der Waals surface area contributed by atoms with Crippen LogP contribution in [0, 0.1) is 3.57 Å². The minimum absolute atomic E-state index is 0.230. The molecule has 1 atom stereocenters. The maximum Gasteiger partial charge on any atom is 0.0542 e. The molecule has 0 amide bonds. The first-order chi connectivity index (χ1) is 10.1.